The van der Waals surface area contributed by atoms with Gasteiger partial charge >= 0.3 is 0 Å². The molecule has 2 heterocycles. The molecule has 0 spiro atoms. The summed E-state index contributed by atoms with van der Waals surface area (Å²) < 4.78 is 13.6. The minimum absolute atomic E-state index is 0.0272. The smallest absolute Gasteiger partial charge is 0.269 e. The molecule has 0 bridgehead atoms. The van der Waals surface area contributed by atoms with E-state index >= 15 is 0 Å². The third-order valence-electron chi connectivity index (χ3n) is 7.00. The number of aryl methyl sites for hydroxylation is 1. The highest BCUT2D eigenvalue weighted by molar-refractivity contribution is 5.82. The molecule has 2 aliphatic heterocycles. The number of nitrogens with zero attached hydrogens (tertiary/aromatic N) is 3. The summed E-state index contributed by atoms with van der Waals surface area (Å²) in [5.41, 5.74) is 4.79. The molecule has 35 heavy (non-hydrogen) atoms. The summed E-state index contributed by atoms with van der Waals surface area (Å²) in [4.78, 5) is 28.9. The molecule has 0 aromatic heterocycles. The molecule has 3 aromatic carbocycles. The average Bonchev–Trinajstić information content (AvgIpc) is 2.86. The van der Waals surface area contributed by atoms with Gasteiger partial charge in [0, 0.05) is 49.7 Å². The van der Waals surface area contributed by atoms with E-state index in [9.17, 15) is 19.3 Å². The number of nitrogens with one attached hydrogen (secondary N) is 1. The molecular formula is C27H27FN4O3. The number of benzene rings is 3. The lowest BCUT2D eigenvalue weighted by atomic mass is 9.83. The van der Waals surface area contributed by atoms with Gasteiger partial charge in [-0.15, -0.1) is 0 Å². The van der Waals surface area contributed by atoms with Crippen LogP contribution < -0.4 is 15.1 Å². The zero-order valence-electron chi connectivity index (χ0n) is 19.5. The molecule has 8 heteroatoms. The number of hydrogen-bond donors (Lipinski definition) is 1. The molecule has 5 rings (SSSR count). The second-order valence-corrected chi connectivity index (χ2v) is 9.27. The SMILES string of the molecule is Cc1ccc(N2CCN3c4ccc([N+](=O)[O-])cc4CC(C(=O)NCc4cccc(F)c4)C3C2)cc1. The summed E-state index contributed by atoms with van der Waals surface area (Å²) in [7, 11) is 0. The van der Waals surface area contributed by atoms with Crippen LogP contribution in [0, 0.1) is 28.8 Å². The average molecular weight is 475 g/mol. The van der Waals surface area contributed by atoms with Crippen molar-refractivity contribution in [1.29, 1.82) is 0 Å². The zero-order chi connectivity index (χ0) is 24.5. The Morgan fingerprint density at radius 1 is 1.11 bits per heavy atom. The van der Waals surface area contributed by atoms with Crippen molar-refractivity contribution < 1.29 is 14.1 Å². The maximum atomic E-state index is 13.6. The van der Waals surface area contributed by atoms with E-state index in [1.54, 1.807) is 18.2 Å². The Kier molecular flexibility index (Phi) is 6.11. The second-order valence-electron chi connectivity index (χ2n) is 9.27. The number of halogens is 1. The minimum atomic E-state index is -0.402. The number of rotatable bonds is 5. The number of nitro benzene ring substituents is 1. The molecule has 1 N–H and O–H groups in total. The lowest BCUT2D eigenvalue weighted by Gasteiger charge is -2.49. The number of hydrogen-bond acceptors (Lipinski definition) is 5. The van der Waals surface area contributed by atoms with Crippen molar-refractivity contribution in [3.8, 4) is 0 Å². The van der Waals surface area contributed by atoms with Gasteiger partial charge < -0.3 is 15.1 Å². The first-order valence-electron chi connectivity index (χ1n) is 11.8. The Morgan fingerprint density at radius 3 is 2.66 bits per heavy atom. The first-order valence-corrected chi connectivity index (χ1v) is 11.8. The molecule has 0 aliphatic carbocycles. The highest BCUT2D eigenvalue weighted by Crippen LogP contribution is 2.38. The van der Waals surface area contributed by atoms with Crippen molar-refractivity contribution in [2.24, 2.45) is 5.92 Å². The fourth-order valence-corrected chi connectivity index (χ4v) is 5.18. The van der Waals surface area contributed by atoms with Gasteiger partial charge in [-0.25, -0.2) is 4.39 Å². The Morgan fingerprint density at radius 2 is 1.91 bits per heavy atom. The molecule has 3 aromatic rings. The standard InChI is InChI=1S/C27H27FN4O3/c1-18-5-7-22(8-6-18)30-11-12-31-25-10-9-23(32(34)35)14-20(25)15-24(26(31)17-30)27(33)29-16-19-3-2-4-21(28)13-19/h2-10,13-14,24,26H,11-12,15-17H2,1H3,(H,29,33). The van der Waals surface area contributed by atoms with Crippen molar-refractivity contribution >= 4 is 23.0 Å². The number of carbonyl (C=O) groups is 1. The Bertz CT molecular complexity index is 1260. The van der Waals surface area contributed by atoms with Crippen LogP contribution in [0.4, 0.5) is 21.5 Å². The van der Waals surface area contributed by atoms with Crippen LogP contribution >= 0.6 is 0 Å². The molecule has 1 fully saturated rings. The Hall–Kier alpha value is -3.94. The second kappa shape index (κ2) is 9.37. The predicted octanol–water partition coefficient (Wildman–Crippen LogP) is 4.23. The molecule has 1 amide bonds. The van der Waals surface area contributed by atoms with E-state index in [0.29, 0.717) is 25.1 Å². The zero-order valence-corrected chi connectivity index (χ0v) is 19.5. The van der Waals surface area contributed by atoms with E-state index in [2.05, 4.69) is 46.3 Å². The van der Waals surface area contributed by atoms with Crippen LogP contribution in [0.2, 0.25) is 0 Å². The summed E-state index contributed by atoms with van der Waals surface area (Å²) in [6.07, 6.45) is 0.412. The van der Waals surface area contributed by atoms with Crippen LogP contribution in [0.15, 0.2) is 66.7 Å². The molecular weight excluding hydrogens is 447 g/mol. The summed E-state index contributed by atoms with van der Waals surface area (Å²) >= 11 is 0. The normalized spacial score (nSPS) is 19.0. The Balaban J connectivity index is 1.43. The van der Waals surface area contributed by atoms with Gasteiger partial charge in [-0.3, -0.25) is 14.9 Å². The molecule has 2 aliphatic rings. The fraction of sp³-hybridized carbons (Fsp3) is 0.296. The fourth-order valence-electron chi connectivity index (χ4n) is 5.18. The minimum Gasteiger partial charge on any atom is -0.368 e. The summed E-state index contributed by atoms with van der Waals surface area (Å²) in [5.74, 6) is -0.874. The maximum absolute atomic E-state index is 13.6. The molecule has 0 saturated carbocycles. The van der Waals surface area contributed by atoms with Crippen LogP contribution in [0.1, 0.15) is 16.7 Å². The number of amides is 1. The van der Waals surface area contributed by atoms with Crippen molar-refractivity contribution in [2.75, 3.05) is 29.4 Å². The first kappa shape index (κ1) is 22.8. The molecule has 2 unspecified atom stereocenters. The van der Waals surface area contributed by atoms with Crippen LogP contribution in [0.3, 0.4) is 0 Å². The Labute approximate surface area is 203 Å². The quantitative estimate of drug-likeness (QED) is 0.442. The van der Waals surface area contributed by atoms with Crippen molar-refractivity contribution in [3.05, 3.63) is 99.4 Å². The monoisotopic (exact) mass is 474 g/mol. The lowest BCUT2D eigenvalue weighted by Crippen LogP contribution is -2.61. The van der Waals surface area contributed by atoms with Crippen molar-refractivity contribution in [2.45, 2.75) is 25.9 Å². The van der Waals surface area contributed by atoms with Gasteiger partial charge in [-0.1, -0.05) is 29.8 Å². The third-order valence-corrected chi connectivity index (χ3v) is 7.00. The predicted molar refractivity (Wildman–Crippen MR) is 133 cm³/mol. The molecule has 7 nitrogen and oxygen atoms in total. The maximum Gasteiger partial charge on any atom is 0.269 e. The van der Waals surface area contributed by atoms with E-state index < -0.39 is 10.8 Å². The van der Waals surface area contributed by atoms with Gasteiger partial charge in [0.1, 0.15) is 5.82 Å². The van der Waals surface area contributed by atoms with Gasteiger partial charge in [0.2, 0.25) is 5.91 Å². The van der Waals surface area contributed by atoms with Crippen LogP contribution in [-0.2, 0) is 17.8 Å². The van der Waals surface area contributed by atoms with Gasteiger partial charge in [0.15, 0.2) is 0 Å². The van der Waals surface area contributed by atoms with E-state index in [4.69, 9.17) is 0 Å². The largest absolute Gasteiger partial charge is 0.368 e. The number of carbonyl (C=O) groups excluding carboxylic acids is 1. The van der Waals surface area contributed by atoms with Gasteiger partial charge in [0.25, 0.3) is 5.69 Å². The number of nitro groups is 1. The highest BCUT2D eigenvalue weighted by atomic mass is 19.1. The van der Waals surface area contributed by atoms with Gasteiger partial charge in [0.05, 0.1) is 16.9 Å². The van der Waals surface area contributed by atoms with E-state index in [-0.39, 0.29) is 30.0 Å². The van der Waals surface area contributed by atoms with Crippen LogP contribution in [0.5, 0.6) is 0 Å². The third kappa shape index (κ3) is 4.69. The van der Waals surface area contributed by atoms with E-state index in [0.717, 1.165) is 23.5 Å². The van der Waals surface area contributed by atoms with Crippen molar-refractivity contribution in [1.82, 2.24) is 5.32 Å². The number of non-ortho nitro benzene ring substituents is 1. The number of anilines is 2. The molecule has 0 radical (unpaired) electrons. The number of piperazine rings is 1. The summed E-state index contributed by atoms with van der Waals surface area (Å²) in [5, 5.41) is 14.3. The highest BCUT2D eigenvalue weighted by Gasteiger charge is 2.42. The summed E-state index contributed by atoms with van der Waals surface area (Å²) in [6, 6.07) is 19.4. The molecule has 180 valence electrons. The van der Waals surface area contributed by atoms with Crippen LogP contribution in [-0.4, -0.2) is 36.5 Å². The van der Waals surface area contributed by atoms with Crippen molar-refractivity contribution in [3.63, 3.8) is 0 Å². The summed E-state index contributed by atoms with van der Waals surface area (Å²) in [6.45, 7) is 4.43. The van der Waals surface area contributed by atoms with Crippen LogP contribution in [0.25, 0.3) is 0 Å². The van der Waals surface area contributed by atoms with Gasteiger partial charge in [-0.2, -0.15) is 0 Å². The lowest BCUT2D eigenvalue weighted by molar-refractivity contribution is -0.384. The first-order chi connectivity index (χ1) is 16.9. The van der Waals surface area contributed by atoms with E-state index in [1.165, 1.54) is 23.8 Å². The topological polar surface area (TPSA) is 78.7 Å². The molecule has 1 saturated heterocycles. The van der Waals surface area contributed by atoms with Gasteiger partial charge in [-0.05, 0) is 54.8 Å². The molecule has 2 atom stereocenters. The number of fused-ring (bicyclic) bond motifs is 3. The van der Waals surface area contributed by atoms with E-state index in [1.807, 2.05) is 6.07 Å².